The van der Waals surface area contributed by atoms with Gasteiger partial charge in [0.15, 0.2) is 0 Å². The van der Waals surface area contributed by atoms with Crippen molar-refractivity contribution >= 4 is 21.7 Å². The zero-order valence-electron chi connectivity index (χ0n) is 10.7. The number of anilines is 1. The average molecular weight is 323 g/mol. The fraction of sp³-hybridized carbons (Fsp3) is 0.455. The van der Waals surface area contributed by atoms with Gasteiger partial charge >= 0.3 is 6.18 Å². The summed E-state index contributed by atoms with van der Waals surface area (Å²) in [4.78, 5) is 16.6. The van der Waals surface area contributed by atoms with Crippen LogP contribution in [0.1, 0.15) is 12.0 Å². The van der Waals surface area contributed by atoms with Gasteiger partial charge in [0.2, 0.25) is 15.9 Å². The Morgan fingerprint density at radius 1 is 1.43 bits per heavy atom. The molecule has 1 atom stereocenters. The Hall–Kier alpha value is -1.68. The van der Waals surface area contributed by atoms with Crippen molar-refractivity contribution in [2.75, 3.05) is 17.2 Å². The third-order valence-corrected chi connectivity index (χ3v) is 3.96. The molecule has 21 heavy (non-hydrogen) atoms. The van der Waals surface area contributed by atoms with Crippen molar-refractivity contribution in [1.29, 1.82) is 0 Å². The number of pyridine rings is 1. The zero-order valence-corrected chi connectivity index (χ0v) is 11.5. The molecule has 0 bridgehead atoms. The van der Waals surface area contributed by atoms with Crippen LogP contribution in [-0.4, -0.2) is 31.6 Å². The number of alkyl halides is 3. The number of rotatable bonds is 3. The van der Waals surface area contributed by atoms with Crippen molar-refractivity contribution in [1.82, 2.24) is 4.98 Å². The van der Waals surface area contributed by atoms with Gasteiger partial charge in [0.1, 0.15) is 5.82 Å². The first-order valence-corrected chi connectivity index (χ1v) is 7.62. The first-order chi connectivity index (χ1) is 9.56. The van der Waals surface area contributed by atoms with E-state index in [1.807, 2.05) is 0 Å². The summed E-state index contributed by atoms with van der Waals surface area (Å²) in [5.74, 6) is -1.57. The topological polar surface area (TPSA) is 93.4 Å². The Kier molecular flexibility index (Phi) is 3.93. The van der Waals surface area contributed by atoms with Gasteiger partial charge in [-0.05, 0) is 12.1 Å². The van der Waals surface area contributed by atoms with E-state index in [1.165, 1.54) is 0 Å². The number of sulfonamides is 1. The minimum Gasteiger partial charge on any atom is -0.296 e. The predicted octanol–water partition coefficient (Wildman–Crippen LogP) is 0.742. The molecule has 116 valence electrons. The minimum absolute atomic E-state index is 0.0242. The van der Waals surface area contributed by atoms with Gasteiger partial charge in [-0.3, -0.25) is 9.69 Å². The maximum absolute atomic E-state index is 12.6. The third-order valence-electron chi connectivity index (χ3n) is 3.02. The first kappa shape index (κ1) is 15.7. The molecule has 2 rings (SSSR count). The van der Waals surface area contributed by atoms with Gasteiger partial charge in [-0.1, -0.05) is 0 Å². The first-order valence-electron chi connectivity index (χ1n) is 5.90. The molecule has 1 aromatic rings. The van der Waals surface area contributed by atoms with Crippen molar-refractivity contribution in [3.05, 3.63) is 23.9 Å². The Labute approximate surface area is 118 Å². The highest BCUT2D eigenvalue weighted by Crippen LogP contribution is 2.32. The normalized spacial score (nSPS) is 20.1. The number of hydrogen-bond donors (Lipinski definition) is 1. The van der Waals surface area contributed by atoms with E-state index in [4.69, 9.17) is 5.14 Å². The Morgan fingerprint density at radius 3 is 2.67 bits per heavy atom. The smallest absolute Gasteiger partial charge is 0.296 e. The lowest BCUT2D eigenvalue weighted by Gasteiger charge is -2.17. The standard InChI is InChI=1S/C11H12F3N3O3S/c12-11(13,14)8-1-2-16-9(4-8)17-5-7(3-10(17)18)6-21(15,19)20/h1-2,4,7H,3,5-6H2,(H2,15,19,20). The van der Waals surface area contributed by atoms with Gasteiger partial charge in [0, 0.05) is 25.1 Å². The summed E-state index contributed by atoms with van der Waals surface area (Å²) in [6.45, 7) is -0.0242. The molecule has 1 fully saturated rings. The summed E-state index contributed by atoms with van der Waals surface area (Å²) < 4.78 is 59.9. The maximum Gasteiger partial charge on any atom is 0.416 e. The zero-order chi connectivity index (χ0) is 15.8. The Morgan fingerprint density at radius 2 is 2.10 bits per heavy atom. The molecule has 1 amide bonds. The maximum atomic E-state index is 12.6. The molecule has 1 aliphatic rings. The van der Waals surface area contributed by atoms with Gasteiger partial charge in [-0.2, -0.15) is 13.2 Å². The van der Waals surface area contributed by atoms with E-state index in [2.05, 4.69) is 4.98 Å². The number of carbonyl (C=O) groups excluding carboxylic acids is 1. The van der Waals surface area contributed by atoms with Crippen LogP contribution in [0.5, 0.6) is 0 Å². The van der Waals surface area contributed by atoms with E-state index >= 15 is 0 Å². The largest absolute Gasteiger partial charge is 0.416 e. The predicted molar refractivity (Wildman–Crippen MR) is 67.7 cm³/mol. The number of carbonyl (C=O) groups is 1. The second kappa shape index (κ2) is 5.26. The van der Waals surface area contributed by atoms with E-state index in [1.54, 1.807) is 0 Å². The highest BCUT2D eigenvalue weighted by atomic mass is 32.2. The average Bonchev–Trinajstić information content (AvgIpc) is 2.67. The van der Waals surface area contributed by atoms with Crippen LogP contribution in [-0.2, 0) is 21.0 Å². The van der Waals surface area contributed by atoms with Crippen LogP contribution < -0.4 is 10.0 Å². The number of aromatic nitrogens is 1. The van der Waals surface area contributed by atoms with Crippen molar-refractivity contribution in [2.45, 2.75) is 12.6 Å². The van der Waals surface area contributed by atoms with Crippen LogP contribution >= 0.6 is 0 Å². The van der Waals surface area contributed by atoms with Gasteiger partial charge in [-0.15, -0.1) is 0 Å². The molecule has 0 aliphatic carbocycles. The molecule has 6 nitrogen and oxygen atoms in total. The van der Waals surface area contributed by atoms with E-state index in [9.17, 15) is 26.4 Å². The molecule has 0 spiro atoms. The molecule has 0 aromatic carbocycles. The van der Waals surface area contributed by atoms with Crippen LogP contribution in [0.3, 0.4) is 0 Å². The molecule has 1 saturated heterocycles. The second-order valence-corrected chi connectivity index (χ2v) is 6.46. The summed E-state index contributed by atoms with van der Waals surface area (Å²) in [5.41, 5.74) is -0.921. The van der Waals surface area contributed by atoms with Crippen LogP contribution in [0.4, 0.5) is 19.0 Å². The summed E-state index contributed by atoms with van der Waals surface area (Å²) >= 11 is 0. The molecule has 1 unspecified atom stereocenters. The molecule has 1 aromatic heterocycles. The van der Waals surface area contributed by atoms with Crippen LogP contribution in [0, 0.1) is 5.92 Å². The van der Waals surface area contributed by atoms with Gasteiger partial charge < -0.3 is 0 Å². The number of amides is 1. The monoisotopic (exact) mass is 323 g/mol. The number of halogens is 3. The van der Waals surface area contributed by atoms with E-state index < -0.39 is 39.3 Å². The molecule has 1 aliphatic heterocycles. The Bertz CT molecular complexity index is 660. The van der Waals surface area contributed by atoms with Crippen LogP contribution in [0.2, 0.25) is 0 Å². The number of nitrogens with zero attached hydrogens (tertiary/aromatic N) is 2. The molecular weight excluding hydrogens is 311 g/mol. The van der Waals surface area contributed by atoms with Crippen molar-refractivity contribution in [2.24, 2.45) is 11.1 Å². The fourth-order valence-electron chi connectivity index (χ4n) is 2.19. The van der Waals surface area contributed by atoms with Crippen LogP contribution in [0.25, 0.3) is 0 Å². The lowest BCUT2D eigenvalue weighted by atomic mass is 10.1. The molecule has 2 heterocycles. The number of nitrogens with two attached hydrogens (primary N) is 1. The van der Waals surface area contributed by atoms with Gasteiger partial charge in [-0.25, -0.2) is 18.5 Å². The summed E-state index contributed by atoms with van der Waals surface area (Å²) in [6.07, 6.45) is -3.67. The Balaban J connectivity index is 2.21. The van der Waals surface area contributed by atoms with Crippen molar-refractivity contribution < 1.29 is 26.4 Å². The molecule has 0 saturated carbocycles. The summed E-state index contributed by atoms with van der Waals surface area (Å²) in [5, 5.41) is 4.90. The minimum atomic E-state index is -4.54. The molecule has 2 N–H and O–H groups in total. The lowest BCUT2D eigenvalue weighted by molar-refractivity contribution is -0.137. The highest BCUT2D eigenvalue weighted by Gasteiger charge is 2.35. The quantitative estimate of drug-likeness (QED) is 0.888. The van der Waals surface area contributed by atoms with E-state index in [-0.39, 0.29) is 18.8 Å². The molecule has 0 radical (unpaired) electrons. The lowest BCUT2D eigenvalue weighted by Crippen LogP contribution is -2.28. The van der Waals surface area contributed by atoms with Crippen molar-refractivity contribution in [3.8, 4) is 0 Å². The van der Waals surface area contributed by atoms with Crippen LogP contribution in [0.15, 0.2) is 18.3 Å². The van der Waals surface area contributed by atoms with Gasteiger partial charge in [0.25, 0.3) is 0 Å². The summed E-state index contributed by atoms with van der Waals surface area (Å²) in [6, 6.07) is 1.56. The van der Waals surface area contributed by atoms with E-state index in [0.717, 1.165) is 23.2 Å². The fourth-order valence-corrected chi connectivity index (χ4v) is 3.07. The third kappa shape index (κ3) is 3.91. The van der Waals surface area contributed by atoms with Crippen molar-refractivity contribution in [3.63, 3.8) is 0 Å². The number of primary sulfonamides is 1. The van der Waals surface area contributed by atoms with E-state index in [0.29, 0.717) is 0 Å². The number of hydrogen-bond acceptors (Lipinski definition) is 4. The molecular formula is C11H12F3N3O3S. The summed E-state index contributed by atoms with van der Waals surface area (Å²) in [7, 11) is -3.75. The molecule has 10 heteroatoms. The second-order valence-electron chi connectivity index (χ2n) is 4.80. The SMILES string of the molecule is NS(=O)(=O)CC1CC(=O)N(c2cc(C(F)(F)F)ccn2)C1. The highest BCUT2D eigenvalue weighted by molar-refractivity contribution is 7.89. The van der Waals surface area contributed by atoms with Gasteiger partial charge in [0.05, 0.1) is 11.3 Å².